The average molecular weight is 374 g/mol. The van der Waals surface area contributed by atoms with Crippen LogP contribution in [-0.4, -0.2) is 35.1 Å². The van der Waals surface area contributed by atoms with Gasteiger partial charge in [-0.25, -0.2) is 14.4 Å². The number of nitrogens with one attached hydrogen (secondary N) is 2. The maximum absolute atomic E-state index is 14.5. The number of pyridine rings is 2. The first-order chi connectivity index (χ1) is 12.9. The van der Waals surface area contributed by atoms with Crippen LogP contribution in [0.2, 0.25) is 0 Å². The van der Waals surface area contributed by atoms with Gasteiger partial charge in [-0.3, -0.25) is 4.79 Å². The number of anilines is 3. The summed E-state index contributed by atoms with van der Waals surface area (Å²) in [5.41, 5.74) is 11.9. The molecule has 2 atom stereocenters. The number of primary amides is 1. The summed E-state index contributed by atoms with van der Waals surface area (Å²) in [5.74, 6) is -0.512. The van der Waals surface area contributed by atoms with Crippen molar-refractivity contribution < 1.29 is 13.9 Å². The molecule has 2 aromatic rings. The number of methoxy groups -OCH3 is 1. The van der Waals surface area contributed by atoms with Crippen LogP contribution >= 0.6 is 0 Å². The SMILES string of the molecule is COc1cc(Nc2nc(N[C@H](C3CC3)[C@H](C)N)c(F)cc2C(N)=O)ccn1. The molecule has 0 saturated heterocycles. The van der Waals surface area contributed by atoms with Gasteiger partial charge in [-0.1, -0.05) is 0 Å². The predicted molar refractivity (Wildman–Crippen MR) is 101 cm³/mol. The summed E-state index contributed by atoms with van der Waals surface area (Å²) in [6.07, 6.45) is 3.62. The number of nitrogens with two attached hydrogens (primary N) is 2. The van der Waals surface area contributed by atoms with Gasteiger partial charge in [0.05, 0.1) is 12.7 Å². The molecule has 8 nitrogen and oxygen atoms in total. The molecule has 0 aliphatic heterocycles. The Hall–Kier alpha value is -2.94. The molecule has 0 spiro atoms. The lowest BCUT2D eigenvalue weighted by Crippen LogP contribution is -2.40. The van der Waals surface area contributed by atoms with Crippen LogP contribution in [0.3, 0.4) is 0 Å². The Kier molecular flexibility index (Phi) is 5.41. The van der Waals surface area contributed by atoms with Gasteiger partial charge >= 0.3 is 0 Å². The lowest BCUT2D eigenvalue weighted by molar-refractivity contribution is 0.100. The molecular formula is C18H23FN6O2. The van der Waals surface area contributed by atoms with Crippen molar-refractivity contribution in [2.75, 3.05) is 17.7 Å². The number of carbonyl (C=O) groups is 1. The fourth-order valence-electron chi connectivity index (χ4n) is 2.90. The van der Waals surface area contributed by atoms with E-state index in [4.69, 9.17) is 16.2 Å². The van der Waals surface area contributed by atoms with Gasteiger partial charge < -0.3 is 26.8 Å². The molecule has 0 bridgehead atoms. The molecule has 2 heterocycles. The second-order valence-electron chi connectivity index (χ2n) is 6.66. The summed E-state index contributed by atoms with van der Waals surface area (Å²) in [6, 6.07) is 4.10. The third-order valence-corrected chi connectivity index (χ3v) is 4.45. The number of ether oxygens (including phenoxy) is 1. The van der Waals surface area contributed by atoms with E-state index in [2.05, 4.69) is 20.6 Å². The molecule has 3 rings (SSSR count). The van der Waals surface area contributed by atoms with Crippen molar-refractivity contribution in [3.05, 3.63) is 35.8 Å². The largest absolute Gasteiger partial charge is 0.481 e. The molecule has 2 aromatic heterocycles. The van der Waals surface area contributed by atoms with E-state index in [9.17, 15) is 9.18 Å². The van der Waals surface area contributed by atoms with E-state index in [1.165, 1.54) is 13.3 Å². The highest BCUT2D eigenvalue weighted by Crippen LogP contribution is 2.36. The Morgan fingerprint density at radius 2 is 2.11 bits per heavy atom. The number of aromatic nitrogens is 2. The number of rotatable bonds is 8. The molecule has 1 amide bonds. The van der Waals surface area contributed by atoms with E-state index < -0.39 is 11.7 Å². The number of hydrogen-bond acceptors (Lipinski definition) is 7. The minimum Gasteiger partial charge on any atom is -0.481 e. The van der Waals surface area contributed by atoms with Gasteiger partial charge in [-0.05, 0) is 37.8 Å². The van der Waals surface area contributed by atoms with Gasteiger partial charge in [0.15, 0.2) is 11.6 Å². The molecule has 9 heteroatoms. The van der Waals surface area contributed by atoms with Crippen molar-refractivity contribution in [1.82, 2.24) is 9.97 Å². The van der Waals surface area contributed by atoms with Gasteiger partial charge in [0.25, 0.3) is 5.91 Å². The summed E-state index contributed by atoms with van der Waals surface area (Å²) in [5, 5.41) is 6.06. The standard InChI is InChI=1S/C18H23FN6O2/c1-9(20)15(10-3-4-10)24-18-13(19)8-12(16(21)26)17(25-18)23-11-5-6-22-14(7-11)27-2/h5-10,15H,3-4,20H2,1-2H3,(H2,21,26)(H2,22,23,24,25)/t9-,15-/m0/s1. The molecular weight excluding hydrogens is 351 g/mol. The van der Waals surface area contributed by atoms with Crippen LogP contribution in [0.25, 0.3) is 0 Å². The Balaban J connectivity index is 1.94. The Labute approximate surface area is 156 Å². The molecule has 27 heavy (non-hydrogen) atoms. The fourth-order valence-corrected chi connectivity index (χ4v) is 2.90. The average Bonchev–Trinajstić information content (AvgIpc) is 3.46. The molecule has 1 saturated carbocycles. The molecule has 1 fully saturated rings. The quantitative estimate of drug-likeness (QED) is 0.556. The lowest BCUT2D eigenvalue weighted by Gasteiger charge is -2.23. The van der Waals surface area contributed by atoms with E-state index in [-0.39, 0.29) is 29.3 Å². The Morgan fingerprint density at radius 3 is 2.70 bits per heavy atom. The summed E-state index contributed by atoms with van der Waals surface area (Å²) in [4.78, 5) is 20.0. The van der Waals surface area contributed by atoms with Crippen LogP contribution in [0.5, 0.6) is 5.88 Å². The molecule has 1 aliphatic rings. The summed E-state index contributed by atoms with van der Waals surface area (Å²) < 4.78 is 19.6. The van der Waals surface area contributed by atoms with Gasteiger partial charge in [0.1, 0.15) is 5.82 Å². The summed E-state index contributed by atoms with van der Waals surface area (Å²) in [7, 11) is 1.49. The van der Waals surface area contributed by atoms with Crippen LogP contribution in [0.15, 0.2) is 24.4 Å². The molecule has 0 radical (unpaired) electrons. The maximum Gasteiger partial charge on any atom is 0.252 e. The zero-order chi connectivity index (χ0) is 19.6. The predicted octanol–water partition coefficient (Wildman–Crippen LogP) is 2.00. The molecule has 0 unspecified atom stereocenters. The van der Waals surface area contributed by atoms with Crippen LogP contribution in [0, 0.1) is 11.7 Å². The van der Waals surface area contributed by atoms with Crippen LogP contribution in [0.1, 0.15) is 30.1 Å². The van der Waals surface area contributed by atoms with E-state index in [1.807, 2.05) is 6.92 Å². The molecule has 1 aliphatic carbocycles. The number of amides is 1. The first kappa shape index (κ1) is 18.8. The summed E-state index contributed by atoms with van der Waals surface area (Å²) in [6.45, 7) is 1.87. The summed E-state index contributed by atoms with van der Waals surface area (Å²) >= 11 is 0. The highest BCUT2D eigenvalue weighted by Gasteiger charge is 2.34. The number of nitrogens with zero attached hydrogens (tertiary/aromatic N) is 2. The van der Waals surface area contributed by atoms with Crippen molar-refractivity contribution >= 4 is 23.2 Å². The maximum atomic E-state index is 14.5. The first-order valence-electron chi connectivity index (χ1n) is 8.68. The molecule has 0 aromatic carbocycles. The zero-order valence-corrected chi connectivity index (χ0v) is 15.2. The van der Waals surface area contributed by atoms with Crippen molar-refractivity contribution in [2.45, 2.75) is 31.8 Å². The van der Waals surface area contributed by atoms with Gasteiger partial charge in [0, 0.05) is 30.0 Å². The van der Waals surface area contributed by atoms with Crippen LogP contribution in [-0.2, 0) is 0 Å². The smallest absolute Gasteiger partial charge is 0.252 e. The minimum absolute atomic E-state index is 0.0257. The van der Waals surface area contributed by atoms with E-state index >= 15 is 0 Å². The third kappa shape index (κ3) is 4.43. The van der Waals surface area contributed by atoms with Crippen LogP contribution in [0.4, 0.5) is 21.7 Å². The van der Waals surface area contributed by atoms with Crippen molar-refractivity contribution in [1.29, 1.82) is 0 Å². The minimum atomic E-state index is -0.789. The van der Waals surface area contributed by atoms with E-state index in [1.54, 1.807) is 12.1 Å². The Morgan fingerprint density at radius 1 is 1.37 bits per heavy atom. The van der Waals surface area contributed by atoms with E-state index in [0.717, 1.165) is 18.9 Å². The number of halogens is 1. The highest BCUT2D eigenvalue weighted by atomic mass is 19.1. The second-order valence-corrected chi connectivity index (χ2v) is 6.66. The van der Waals surface area contributed by atoms with E-state index in [0.29, 0.717) is 17.5 Å². The third-order valence-electron chi connectivity index (χ3n) is 4.45. The van der Waals surface area contributed by atoms with Crippen molar-refractivity contribution in [2.24, 2.45) is 17.4 Å². The first-order valence-corrected chi connectivity index (χ1v) is 8.68. The lowest BCUT2D eigenvalue weighted by atomic mass is 10.1. The number of carbonyl (C=O) groups excluding carboxylic acids is 1. The molecule has 6 N–H and O–H groups in total. The number of hydrogen-bond donors (Lipinski definition) is 4. The van der Waals surface area contributed by atoms with Crippen LogP contribution < -0.4 is 26.8 Å². The molecule has 144 valence electrons. The highest BCUT2D eigenvalue weighted by molar-refractivity contribution is 5.98. The normalized spacial score (nSPS) is 15.7. The topological polar surface area (TPSA) is 128 Å². The van der Waals surface area contributed by atoms with Gasteiger partial charge in [-0.15, -0.1) is 0 Å². The second kappa shape index (κ2) is 7.75. The van der Waals surface area contributed by atoms with Crippen molar-refractivity contribution in [3.63, 3.8) is 0 Å². The fraction of sp³-hybridized carbons (Fsp3) is 0.389. The zero-order valence-electron chi connectivity index (χ0n) is 15.2. The monoisotopic (exact) mass is 374 g/mol. The van der Waals surface area contributed by atoms with Gasteiger partial charge in [0.2, 0.25) is 5.88 Å². The van der Waals surface area contributed by atoms with Crippen molar-refractivity contribution in [3.8, 4) is 5.88 Å². The Bertz CT molecular complexity index is 839. The van der Waals surface area contributed by atoms with Gasteiger partial charge in [-0.2, -0.15) is 0 Å².